The Bertz CT molecular complexity index is 789. The Morgan fingerprint density at radius 1 is 1.18 bits per heavy atom. The molecule has 2 N–H and O–H groups in total. The highest BCUT2D eigenvalue weighted by Crippen LogP contribution is 2.21. The van der Waals surface area contributed by atoms with Gasteiger partial charge in [-0.05, 0) is 43.2 Å². The van der Waals surface area contributed by atoms with Crippen LogP contribution in [0.25, 0.3) is 0 Å². The molecule has 0 bridgehead atoms. The number of halogens is 1. The third-order valence-electron chi connectivity index (χ3n) is 5.01. The first kappa shape index (κ1) is 20.6. The van der Waals surface area contributed by atoms with Crippen molar-refractivity contribution in [1.82, 2.24) is 5.32 Å². The Labute approximate surface area is 171 Å². The lowest BCUT2D eigenvalue weighted by Crippen LogP contribution is -3.14. The molecule has 1 aliphatic heterocycles. The second-order valence-corrected chi connectivity index (χ2v) is 7.70. The van der Waals surface area contributed by atoms with Gasteiger partial charge in [-0.1, -0.05) is 41.4 Å². The number of rotatable bonds is 7. The van der Waals surface area contributed by atoms with Crippen molar-refractivity contribution in [2.75, 3.05) is 39.5 Å². The molecule has 1 fully saturated rings. The van der Waals surface area contributed by atoms with Crippen molar-refractivity contribution in [3.05, 3.63) is 64.2 Å². The van der Waals surface area contributed by atoms with Crippen molar-refractivity contribution in [3.63, 3.8) is 0 Å². The van der Waals surface area contributed by atoms with Crippen LogP contribution in [0.5, 0.6) is 5.75 Å². The van der Waals surface area contributed by atoms with E-state index in [1.165, 1.54) is 10.5 Å². The molecule has 0 saturated carbocycles. The van der Waals surface area contributed by atoms with Gasteiger partial charge in [0.15, 0.2) is 6.61 Å². The topological polar surface area (TPSA) is 52.0 Å². The fourth-order valence-electron chi connectivity index (χ4n) is 3.30. The molecule has 1 amide bonds. The maximum Gasteiger partial charge on any atom is 0.258 e. The third kappa shape index (κ3) is 5.96. The fraction of sp³-hybridized carbons (Fsp3) is 0.409. The molecular weight excluding hydrogens is 376 g/mol. The summed E-state index contributed by atoms with van der Waals surface area (Å²) in [4.78, 5) is 14.0. The summed E-state index contributed by atoms with van der Waals surface area (Å²) in [5, 5.41) is 3.83. The van der Waals surface area contributed by atoms with E-state index in [-0.39, 0.29) is 18.6 Å². The number of hydrogen-bond acceptors (Lipinski definition) is 3. The zero-order chi connectivity index (χ0) is 19.9. The number of nitrogens with one attached hydrogen (secondary N) is 2. The van der Waals surface area contributed by atoms with E-state index in [1.807, 2.05) is 13.0 Å². The number of carbonyl (C=O) groups excluding carboxylic acids is 1. The molecule has 28 heavy (non-hydrogen) atoms. The van der Waals surface area contributed by atoms with Gasteiger partial charge in [0.1, 0.15) is 31.4 Å². The summed E-state index contributed by atoms with van der Waals surface area (Å²) in [5.41, 5.74) is 3.24. The van der Waals surface area contributed by atoms with Crippen molar-refractivity contribution < 1.29 is 19.2 Å². The summed E-state index contributed by atoms with van der Waals surface area (Å²) < 4.78 is 11.1. The van der Waals surface area contributed by atoms with Crippen molar-refractivity contribution in [2.45, 2.75) is 19.9 Å². The van der Waals surface area contributed by atoms with E-state index in [0.29, 0.717) is 10.8 Å². The maximum atomic E-state index is 12.6. The Morgan fingerprint density at radius 2 is 1.89 bits per heavy atom. The van der Waals surface area contributed by atoms with E-state index in [2.05, 4.69) is 36.5 Å². The lowest BCUT2D eigenvalue weighted by atomic mass is 10.0. The van der Waals surface area contributed by atoms with Gasteiger partial charge in [0.05, 0.1) is 13.2 Å². The molecule has 1 saturated heterocycles. The van der Waals surface area contributed by atoms with Crippen molar-refractivity contribution in [2.24, 2.45) is 0 Å². The van der Waals surface area contributed by atoms with Crippen LogP contribution >= 0.6 is 11.6 Å². The smallest absolute Gasteiger partial charge is 0.258 e. The third-order valence-corrected chi connectivity index (χ3v) is 5.43. The standard InChI is InChI=1S/C22H27ClN2O3/c1-16-3-5-18(6-4-16)21(14-25-9-11-27-12-10-25)24-22(26)15-28-19-7-8-20(23)17(2)13-19/h3-8,13,21H,9-12,14-15H2,1-2H3,(H,24,26)/p+1/t21-/m1/s1. The number of hydrogen-bond donors (Lipinski definition) is 2. The Kier molecular flexibility index (Phi) is 7.31. The van der Waals surface area contributed by atoms with Crippen LogP contribution in [0.1, 0.15) is 22.7 Å². The van der Waals surface area contributed by atoms with Gasteiger partial charge >= 0.3 is 0 Å². The molecule has 0 radical (unpaired) electrons. The second kappa shape index (κ2) is 9.92. The zero-order valence-electron chi connectivity index (χ0n) is 16.5. The molecule has 1 aliphatic rings. The number of ether oxygens (including phenoxy) is 2. The first-order valence-corrected chi connectivity index (χ1v) is 10.1. The van der Waals surface area contributed by atoms with E-state index in [9.17, 15) is 4.79 Å². The van der Waals surface area contributed by atoms with Crippen LogP contribution in [-0.2, 0) is 9.53 Å². The Hall–Kier alpha value is -2.08. The Balaban J connectivity index is 1.62. The van der Waals surface area contributed by atoms with Crippen molar-refractivity contribution in [1.29, 1.82) is 0 Å². The second-order valence-electron chi connectivity index (χ2n) is 7.30. The molecule has 6 heteroatoms. The molecule has 2 aromatic carbocycles. The van der Waals surface area contributed by atoms with Crippen molar-refractivity contribution in [3.8, 4) is 5.75 Å². The molecule has 1 atom stereocenters. The van der Waals surface area contributed by atoms with Gasteiger partial charge in [-0.3, -0.25) is 4.79 Å². The SMILES string of the molecule is Cc1ccc([C@@H](C[NH+]2CCOCC2)NC(=O)COc2ccc(Cl)c(C)c2)cc1. The number of quaternary nitrogens is 1. The maximum absolute atomic E-state index is 12.6. The van der Waals surface area contributed by atoms with Crippen molar-refractivity contribution >= 4 is 17.5 Å². The van der Waals surface area contributed by atoms with Crippen LogP contribution in [-0.4, -0.2) is 45.4 Å². The highest BCUT2D eigenvalue weighted by molar-refractivity contribution is 6.31. The molecule has 150 valence electrons. The molecule has 1 heterocycles. The number of carbonyl (C=O) groups is 1. The molecule has 0 aliphatic carbocycles. The van der Waals surface area contributed by atoms with Crippen LogP contribution in [0.2, 0.25) is 5.02 Å². The largest absolute Gasteiger partial charge is 0.484 e. The lowest BCUT2D eigenvalue weighted by Gasteiger charge is -2.28. The van der Waals surface area contributed by atoms with Gasteiger partial charge in [0, 0.05) is 5.02 Å². The van der Waals surface area contributed by atoms with E-state index in [1.54, 1.807) is 12.1 Å². The minimum atomic E-state index is -0.133. The highest BCUT2D eigenvalue weighted by Gasteiger charge is 2.23. The van der Waals surface area contributed by atoms with Gasteiger partial charge in [-0.2, -0.15) is 0 Å². The van der Waals surface area contributed by atoms with Gasteiger partial charge in [-0.15, -0.1) is 0 Å². The number of aryl methyl sites for hydroxylation is 2. The molecule has 2 aromatic rings. The first-order valence-electron chi connectivity index (χ1n) is 9.67. The minimum Gasteiger partial charge on any atom is -0.484 e. The van der Waals surface area contributed by atoms with Gasteiger partial charge in [-0.25, -0.2) is 0 Å². The first-order chi connectivity index (χ1) is 13.5. The molecule has 0 spiro atoms. The Morgan fingerprint density at radius 3 is 2.57 bits per heavy atom. The average Bonchev–Trinajstić information content (AvgIpc) is 2.70. The minimum absolute atomic E-state index is 0.0259. The summed E-state index contributed by atoms with van der Waals surface area (Å²) in [5.74, 6) is 0.508. The van der Waals surface area contributed by atoms with Gasteiger partial charge in [0.25, 0.3) is 5.91 Å². The highest BCUT2D eigenvalue weighted by atomic mass is 35.5. The molecule has 3 rings (SSSR count). The van der Waals surface area contributed by atoms with Gasteiger partial charge in [0.2, 0.25) is 0 Å². The summed E-state index contributed by atoms with van der Waals surface area (Å²) in [6.07, 6.45) is 0. The van der Waals surface area contributed by atoms with Gasteiger partial charge < -0.3 is 19.7 Å². The summed E-state index contributed by atoms with van der Waals surface area (Å²) >= 11 is 6.04. The number of benzene rings is 2. The number of amides is 1. The molecule has 0 aromatic heterocycles. The van der Waals surface area contributed by atoms with Crippen LogP contribution in [0.3, 0.4) is 0 Å². The monoisotopic (exact) mass is 403 g/mol. The van der Waals surface area contributed by atoms with E-state index < -0.39 is 0 Å². The summed E-state index contributed by atoms with van der Waals surface area (Å²) in [7, 11) is 0. The molecule has 0 unspecified atom stereocenters. The van der Waals surface area contributed by atoms with Crippen LogP contribution in [0.15, 0.2) is 42.5 Å². The predicted molar refractivity (Wildman–Crippen MR) is 110 cm³/mol. The summed E-state index contributed by atoms with van der Waals surface area (Å²) in [6, 6.07) is 13.7. The fourth-order valence-corrected chi connectivity index (χ4v) is 3.41. The van der Waals surface area contributed by atoms with Crippen LogP contribution in [0.4, 0.5) is 0 Å². The van der Waals surface area contributed by atoms with E-state index in [4.69, 9.17) is 21.1 Å². The molecule has 5 nitrogen and oxygen atoms in total. The van der Waals surface area contributed by atoms with Crippen LogP contribution < -0.4 is 15.0 Å². The quantitative estimate of drug-likeness (QED) is 0.744. The van der Waals surface area contributed by atoms with E-state index in [0.717, 1.165) is 44.0 Å². The average molecular weight is 404 g/mol. The number of morpholine rings is 1. The normalized spacial score (nSPS) is 15.8. The summed E-state index contributed by atoms with van der Waals surface area (Å²) in [6.45, 7) is 8.23. The van der Waals surface area contributed by atoms with E-state index >= 15 is 0 Å². The zero-order valence-corrected chi connectivity index (χ0v) is 17.2. The molecular formula is C22H28ClN2O3+. The van der Waals surface area contributed by atoms with Crippen LogP contribution in [0, 0.1) is 13.8 Å². The lowest BCUT2D eigenvalue weighted by molar-refractivity contribution is -0.909. The predicted octanol–water partition coefficient (Wildman–Crippen LogP) is 2.11.